The molecule has 1 atom stereocenters. The molecule has 3 heteroatoms. The maximum atomic E-state index is 10.6. The van der Waals surface area contributed by atoms with Gasteiger partial charge in [0.1, 0.15) is 5.75 Å². The van der Waals surface area contributed by atoms with Crippen LogP contribution in [0, 0.1) is 5.92 Å². The minimum atomic E-state index is -0.440. The van der Waals surface area contributed by atoms with Crippen LogP contribution < -0.4 is 4.74 Å². The Kier molecular flexibility index (Phi) is 3.81. The zero-order valence-corrected chi connectivity index (χ0v) is 12.9. The van der Waals surface area contributed by atoms with Crippen molar-refractivity contribution in [2.24, 2.45) is 5.92 Å². The highest BCUT2D eigenvalue weighted by Gasteiger charge is 2.28. The SMILES string of the molecule is COc1ccc(C(O)C2Cc3ccccc3C2)cc1Br. The standard InChI is InChI=1S/C17H17BrO2/c1-20-16-7-6-13(10-15(16)18)17(19)14-8-11-4-2-3-5-12(11)9-14/h2-7,10,14,17,19H,8-9H2,1H3. The fraction of sp³-hybridized carbons (Fsp3) is 0.294. The Morgan fingerprint density at radius 2 is 1.80 bits per heavy atom. The molecule has 104 valence electrons. The van der Waals surface area contributed by atoms with Gasteiger partial charge in [0, 0.05) is 0 Å². The number of aliphatic hydroxyl groups is 1. The number of fused-ring (bicyclic) bond motifs is 1. The molecule has 1 N–H and O–H groups in total. The molecule has 2 aromatic carbocycles. The first kappa shape index (κ1) is 13.7. The molecule has 3 rings (SSSR count). The maximum absolute atomic E-state index is 10.6. The van der Waals surface area contributed by atoms with Gasteiger partial charge < -0.3 is 9.84 Å². The summed E-state index contributed by atoms with van der Waals surface area (Å²) in [6, 6.07) is 14.2. The molecule has 0 aromatic heterocycles. The van der Waals surface area contributed by atoms with Gasteiger partial charge >= 0.3 is 0 Å². The van der Waals surface area contributed by atoms with Gasteiger partial charge in [0.25, 0.3) is 0 Å². The summed E-state index contributed by atoms with van der Waals surface area (Å²) in [6.45, 7) is 0. The molecular formula is C17H17BrO2. The highest BCUT2D eigenvalue weighted by Crippen LogP contribution is 2.37. The van der Waals surface area contributed by atoms with E-state index in [2.05, 4.69) is 40.2 Å². The Morgan fingerprint density at radius 1 is 1.15 bits per heavy atom. The Balaban J connectivity index is 1.81. The van der Waals surface area contributed by atoms with Crippen molar-refractivity contribution in [2.45, 2.75) is 18.9 Å². The van der Waals surface area contributed by atoms with Crippen molar-refractivity contribution in [3.05, 3.63) is 63.6 Å². The monoisotopic (exact) mass is 332 g/mol. The molecule has 0 spiro atoms. The summed E-state index contributed by atoms with van der Waals surface area (Å²) in [7, 11) is 1.64. The molecule has 0 saturated heterocycles. The van der Waals surface area contributed by atoms with Gasteiger partial charge in [-0.25, -0.2) is 0 Å². The van der Waals surface area contributed by atoms with Crippen LogP contribution in [-0.2, 0) is 12.8 Å². The van der Waals surface area contributed by atoms with E-state index in [1.165, 1.54) is 11.1 Å². The first-order chi connectivity index (χ1) is 9.69. The summed E-state index contributed by atoms with van der Waals surface area (Å²) < 4.78 is 6.11. The number of ether oxygens (including phenoxy) is 1. The van der Waals surface area contributed by atoms with E-state index in [1.54, 1.807) is 7.11 Å². The second kappa shape index (κ2) is 5.58. The summed E-state index contributed by atoms with van der Waals surface area (Å²) in [5.74, 6) is 1.04. The number of aliphatic hydroxyl groups excluding tert-OH is 1. The van der Waals surface area contributed by atoms with E-state index in [9.17, 15) is 5.11 Å². The largest absolute Gasteiger partial charge is 0.496 e. The number of hydrogen-bond donors (Lipinski definition) is 1. The molecule has 0 amide bonds. The van der Waals surface area contributed by atoms with E-state index < -0.39 is 6.10 Å². The first-order valence-corrected chi connectivity index (χ1v) is 7.56. The molecule has 0 aliphatic heterocycles. The topological polar surface area (TPSA) is 29.5 Å². The fourth-order valence-corrected chi connectivity index (χ4v) is 3.51. The van der Waals surface area contributed by atoms with Gasteiger partial charge in [0.2, 0.25) is 0 Å². The third-order valence-corrected chi connectivity index (χ3v) is 4.67. The van der Waals surface area contributed by atoms with Gasteiger partial charge in [0.15, 0.2) is 0 Å². The van der Waals surface area contributed by atoms with Crippen LogP contribution in [0.25, 0.3) is 0 Å². The summed E-state index contributed by atoms with van der Waals surface area (Å²) in [5.41, 5.74) is 3.67. The molecular weight excluding hydrogens is 316 g/mol. The average molecular weight is 333 g/mol. The lowest BCUT2D eigenvalue weighted by Gasteiger charge is -2.19. The van der Waals surface area contributed by atoms with E-state index in [1.807, 2.05) is 18.2 Å². The number of benzene rings is 2. The Morgan fingerprint density at radius 3 is 2.35 bits per heavy atom. The van der Waals surface area contributed by atoms with Gasteiger partial charge in [-0.15, -0.1) is 0 Å². The lowest BCUT2D eigenvalue weighted by atomic mass is 9.93. The third kappa shape index (κ3) is 2.48. The van der Waals surface area contributed by atoms with E-state index in [4.69, 9.17) is 4.74 Å². The van der Waals surface area contributed by atoms with Crippen molar-refractivity contribution < 1.29 is 9.84 Å². The van der Waals surface area contributed by atoms with Crippen LogP contribution in [0.5, 0.6) is 5.75 Å². The smallest absolute Gasteiger partial charge is 0.133 e. The molecule has 0 bridgehead atoms. The van der Waals surface area contributed by atoms with Crippen LogP contribution in [0.2, 0.25) is 0 Å². The summed E-state index contributed by atoms with van der Waals surface area (Å²) in [6.07, 6.45) is 1.45. The van der Waals surface area contributed by atoms with Crippen LogP contribution >= 0.6 is 15.9 Å². The second-order valence-electron chi connectivity index (χ2n) is 5.28. The van der Waals surface area contributed by atoms with Gasteiger partial charge in [-0.2, -0.15) is 0 Å². The Bertz CT molecular complexity index is 599. The van der Waals surface area contributed by atoms with Crippen LogP contribution in [0.3, 0.4) is 0 Å². The summed E-state index contributed by atoms with van der Waals surface area (Å²) >= 11 is 3.48. The van der Waals surface area contributed by atoms with Crippen LogP contribution in [0.4, 0.5) is 0 Å². The lowest BCUT2D eigenvalue weighted by molar-refractivity contribution is 0.113. The number of rotatable bonds is 3. The minimum absolute atomic E-state index is 0.257. The second-order valence-corrected chi connectivity index (χ2v) is 6.13. The predicted octanol–water partition coefficient (Wildman–Crippen LogP) is 3.91. The van der Waals surface area contributed by atoms with Crippen molar-refractivity contribution >= 4 is 15.9 Å². The zero-order chi connectivity index (χ0) is 14.1. The molecule has 1 aliphatic carbocycles. The maximum Gasteiger partial charge on any atom is 0.133 e. The van der Waals surface area contributed by atoms with Crippen LogP contribution in [-0.4, -0.2) is 12.2 Å². The van der Waals surface area contributed by atoms with E-state index in [0.717, 1.165) is 28.6 Å². The van der Waals surface area contributed by atoms with Crippen molar-refractivity contribution in [1.29, 1.82) is 0 Å². The molecule has 2 nitrogen and oxygen atoms in total. The molecule has 1 unspecified atom stereocenters. The lowest BCUT2D eigenvalue weighted by Crippen LogP contribution is -2.12. The van der Waals surface area contributed by atoms with Gasteiger partial charge in [-0.1, -0.05) is 30.3 Å². The quantitative estimate of drug-likeness (QED) is 0.923. The van der Waals surface area contributed by atoms with Crippen molar-refractivity contribution in [3.63, 3.8) is 0 Å². The third-order valence-electron chi connectivity index (χ3n) is 4.05. The van der Waals surface area contributed by atoms with E-state index in [0.29, 0.717) is 0 Å². The molecule has 0 radical (unpaired) electrons. The van der Waals surface area contributed by atoms with Crippen LogP contribution in [0.1, 0.15) is 22.8 Å². The number of hydrogen-bond acceptors (Lipinski definition) is 2. The molecule has 1 aliphatic rings. The Labute approximate surface area is 127 Å². The molecule has 0 heterocycles. The first-order valence-electron chi connectivity index (χ1n) is 6.77. The van der Waals surface area contributed by atoms with Crippen LogP contribution in [0.15, 0.2) is 46.9 Å². The number of methoxy groups -OCH3 is 1. The molecule has 2 aromatic rings. The zero-order valence-electron chi connectivity index (χ0n) is 11.3. The van der Waals surface area contributed by atoms with Crippen molar-refractivity contribution in [1.82, 2.24) is 0 Å². The van der Waals surface area contributed by atoms with Gasteiger partial charge in [-0.3, -0.25) is 0 Å². The predicted molar refractivity (Wildman–Crippen MR) is 83.0 cm³/mol. The van der Waals surface area contributed by atoms with E-state index in [-0.39, 0.29) is 5.92 Å². The van der Waals surface area contributed by atoms with Gasteiger partial charge in [0.05, 0.1) is 17.7 Å². The average Bonchev–Trinajstić information content (AvgIpc) is 2.90. The number of halogens is 1. The van der Waals surface area contributed by atoms with Crippen molar-refractivity contribution in [2.75, 3.05) is 7.11 Å². The Hall–Kier alpha value is -1.32. The van der Waals surface area contributed by atoms with Gasteiger partial charge in [-0.05, 0) is 63.5 Å². The highest BCUT2D eigenvalue weighted by molar-refractivity contribution is 9.10. The molecule has 20 heavy (non-hydrogen) atoms. The summed E-state index contributed by atoms with van der Waals surface area (Å²) in [4.78, 5) is 0. The molecule has 0 saturated carbocycles. The summed E-state index contributed by atoms with van der Waals surface area (Å²) in [5, 5.41) is 10.6. The van der Waals surface area contributed by atoms with Crippen molar-refractivity contribution in [3.8, 4) is 5.75 Å². The molecule has 0 fully saturated rings. The van der Waals surface area contributed by atoms with E-state index >= 15 is 0 Å². The highest BCUT2D eigenvalue weighted by atomic mass is 79.9. The normalized spacial score (nSPS) is 15.9. The minimum Gasteiger partial charge on any atom is -0.496 e. The fourth-order valence-electron chi connectivity index (χ4n) is 2.95.